The molecule has 106 valence electrons. The fourth-order valence-corrected chi connectivity index (χ4v) is 3.58. The zero-order chi connectivity index (χ0) is 13.9. The molecule has 0 unspecified atom stereocenters. The quantitative estimate of drug-likeness (QED) is 0.865. The SMILES string of the molecule is NCc1c(F)cccc1S(=O)(=O)NN1CCCCC1. The molecule has 0 spiro atoms. The summed E-state index contributed by atoms with van der Waals surface area (Å²) in [6.45, 7) is 1.20. The Morgan fingerprint density at radius 1 is 1.26 bits per heavy atom. The lowest BCUT2D eigenvalue weighted by Gasteiger charge is -2.27. The van der Waals surface area contributed by atoms with Crippen molar-refractivity contribution in [3.05, 3.63) is 29.6 Å². The van der Waals surface area contributed by atoms with Crippen LogP contribution in [0.25, 0.3) is 0 Å². The van der Waals surface area contributed by atoms with Crippen LogP contribution in [-0.4, -0.2) is 26.5 Å². The monoisotopic (exact) mass is 287 g/mol. The molecule has 0 aliphatic carbocycles. The van der Waals surface area contributed by atoms with Crippen LogP contribution in [0.15, 0.2) is 23.1 Å². The summed E-state index contributed by atoms with van der Waals surface area (Å²) in [6, 6.07) is 3.96. The summed E-state index contributed by atoms with van der Waals surface area (Å²) in [5.74, 6) is -0.594. The first kappa shape index (κ1) is 14.4. The van der Waals surface area contributed by atoms with Crippen molar-refractivity contribution in [3.63, 3.8) is 0 Å². The average Bonchev–Trinajstić information content (AvgIpc) is 2.39. The highest BCUT2D eigenvalue weighted by molar-refractivity contribution is 7.89. The Labute approximate surface area is 112 Å². The third kappa shape index (κ3) is 3.30. The number of nitrogens with two attached hydrogens (primary N) is 1. The molecule has 3 N–H and O–H groups in total. The van der Waals surface area contributed by atoms with E-state index in [1.165, 1.54) is 18.2 Å². The zero-order valence-corrected chi connectivity index (χ0v) is 11.4. The van der Waals surface area contributed by atoms with E-state index in [2.05, 4.69) is 4.83 Å². The summed E-state index contributed by atoms with van der Waals surface area (Å²) in [5, 5.41) is 1.66. The summed E-state index contributed by atoms with van der Waals surface area (Å²) >= 11 is 0. The minimum atomic E-state index is -3.77. The summed E-state index contributed by atoms with van der Waals surface area (Å²) in [6.07, 6.45) is 3.01. The molecule has 7 heteroatoms. The second-order valence-electron chi connectivity index (χ2n) is 4.56. The summed E-state index contributed by atoms with van der Waals surface area (Å²) < 4.78 is 38.1. The molecule has 0 saturated carbocycles. The molecular weight excluding hydrogens is 269 g/mol. The zero-order valence-electron chi connectivity index (χ0n) is 10.6. The van der Waals surface area contributed by atoms with E-state index in [0.717, 1.165) is 19.3 Å². The first-order valence-electron chi connectivity index (χ1n) is 6.29. The minimum absolute atomic E-state index is 0.0204. The maximum Gasteiger partial charge on any atom is 0.253 e. The van der Waals surface area contributed by atoms with Crippen molar-refractivity contribution >= 4 is 10.0 Å². The van der Waals surface area contributed by atoms with Crippen molar-refractivity contribution in [1.82, 2.24) is 9.84 Å². The summed E-state index contributed by atoms with van der Waals surface area (Å²) in [7, 11) is -3.77. The molecule has 0 amide bonds. The summed E-state index contributed by atoms with van der Waals surface area (Å²) in [4.78, 5) is 2.41. The lowest BCUT2D eigenvalue weighted by atomic mass is 10.2. The first-order valence-corrected chi connectivity index (χ1v) is 7.78. The van der Waals surface area contributed by atoms with Gasteiger partial charge in [0.15, 0.2) is 0 Å². The van der Waals surface area contributed by atoms with Crippen molar-refractivity contribution in [3.8, 4) is 0 Å². The highest BCUT2D eigenvalue weighted by Crippen LogP contribution is 2.19. The molecule has 1 fully saturated rings. The van der Waals surface area contributed by atoms with Gasteiger partial charge in [-0.3, -0.25) is 0 Å². The van der Waals surface area contributed by atoms with Crippen LogP contribution in [0.5, 0.6) is 0 Å². The number of halogens is 1. The van der Waals surface area contributed by atoms with Crippen LogP contribution in [0, 0.1) is 5.82 Å². The van der Waals surface area contributed by atoms with Crippen LogP contribution in [-0.2, 0) is 16.6 Å². The molecule has 1 aliphatic heterocycles. The van der Waals surface area contributed by atoms with Gasteiger partial charge in [-0.15, -0.1) is 4.83 Å². The normalized spacial score (nSPS) is 17.6. The molecular formula is C12H18FN3O2S. The highest BCUT2D eigenvalue weighted by Gasteiger charge is 2.23. The Morgan fingerprint density at radius 3 is 2.58 bits per heavy atom. The lowest BCUT2D eigenvalue weighted by molar-refractivity contribution is 0.200. The van der Waals surface area contributed by atoms with Gasteiger partial charge in [0, 0.05) is 25.2 Å². The Morgan fingerprint density at radius 2 is 1.95 bits per heavy atom. The van der Waals surface area contributed by atoms with Gasteiger partial charge in [-0.1, -0.05) is 12.5 Å². The average molecular weight is 287 g/mol. The molecule has 0 atom stereocenters. The molecule has 1 aliphatic rings. The van der Waals surface area contributed by atoms with Gasteiger partial charge in [0.05, 0.1) is 4.90 Å². The van der Waals surface area contributed by atoms with Crippen LogP contribution in [0.3, 0.4) is 0 Å². The molecule has 1 saturated heterocycles. The molecule has 0 aromatic heterocycles. The molecule has 1 aromatic rings. The Kier molecular flexibility index (Phi) is 4.51. The predicted octanol–water partition coefficient (Wildman–Crippen LogP) is 0.964. The van der Waals surface area contributed by atoms with Crippen molar-refractivity contribution in [1.29, 1.82) is 0 Å². The predicted molar refractivity (Wildman–Crippen MR) is 70.0 cm³/mol. The van der Waals surface area contributed by atoms with E-state index in [0.29, 0.717) is 13.1 Å². The Bertz CT molecular complexity index is 542. The largest absolute Gasteiger partial charge is 0.326 e. The van der Waals surface area contributed by atoms with Gasteiger partial charge in [-0.05, 0) is 25.0 Å². The first-order chi connectivity index (χ1) is 9.04. The van der Waals surface area contributed by atoms with Gasteiger partial charge < -0.3 is 5.73 Å². The fourth-order valence-electron chi connectivity index (χ4n) is 2.19. The summed E-state index contributed by atoms with van der Waals surface area (Å²) in [5.41, 5.74) is 5.46. The van der Waals surface area contributed by atoms with Crippen LogP contribution in [0.2, 0.25) is 0 Å². The van der Waals surface area contributed by atoms with Crippen LogP contribution in [0.1, 0.15) is 24.8 Å². The van der Waals surface area contributed by atoms with Crippen LogP contribution >= 0.6 is 0 Å². The number of sulfonamides is 1. The Balaban J connectivity index is 2.26. The highest BCUT2D eigenvalue weighted by atomic mass is 32.2. The fraction of sp³-hybridized carbons (Fsp3) is 0.500. The maximum atomic E-state index is 13.6. The van der Waals surface area contributed by atoms with E-state index >= 15 is 0 Å². The van der Waals surface area contributed by atoms with Gasteiger partial charge in [0.25, 0.3) is 10.0 Å². The standard InChI is InChI=1S/C12H18FN3O2S/c13-11-5-4-6-12(10(11)9-14)19(17,18)15-16-7-2-1-3-8-16/h4-6,15H,1-3,7-9,14H2. The number of nitrogens with zero attached hydrogens (tertiary/aromatic N) is 1. The number of rotatable bonds is 4. The van der Waals surface area contributed by atoms with Crippen LogP contribution < -0.4 is 10.6 Å². The van der Waals surface area contributed by atoms with Crippen molar-refractivity contribution in [2.24, 2.45) is 5.73 Å². The van der Waals surface area contributed by atoms with Gasteiger partial charge in [0.2, 0.25) is 0 Å². The smallest absolute Gasteiger partial charge is 0.253 e. The number of hydrogen-bond donors (Lipinski definition) is 2. The maximum absolute atomic E-state index is 13.6. The van der Waals surface area contributed by atoms with Gasteiger partial charge in [-0.2, -0.15) is 0 Å². The number of hydrazine groups is 1. The topological polar surface area (TPSA) is 75.4 Å². The third-order valence-electron chi connectivity index (χ3n) is 3.17. The van der Waals surface area contributed by atoms with E-state index in [-0.39, 0.29) is 17.0 Å². The second kappa shape index (κ2) is 5.96. The number of hydrogen-bond acceptors (Lipinski definition) is 4. The number of nitrogens with one attached hydrogen (secondary N) is 1. The van der Waals surface area contributed by atoms with E-state index < -0.39 is 15.8 Å². The van der Waals surface area contributed by atoms with E-state index in [1.54, 1.807) is 5.01 Å². The number of piperidine rings is 1. The molecule has 1 heterocycles. The van der Waals surface area contributed by atoms with E-state index in [9.17, 15) is 12.8 Å². The Hall–Kier alpha value is -1.02. The molecule has 0 radical (unpaired) electrons. The van der Waals surface area contributed by atoms with Gasteiger partial charge in [-0.25, -0.2) is 17.8 Å². The molecule has 19 heavy (non-hydrogen) atoms. The lowest BCUT2D eigenvalue weighted by Crippen LogP contribution is -2.45. The molecule has 1 aromatic carbocycles. The van der Waals surface area contributed by atoms with E-state index in [4.69, 9.17) is 5.73 Å². The van der Waals surface area contributed by atoms with E-state index in [1.807, 2.05) is 0 Å². The molecule has 5 nitrogen and oxygen atoms in total. The van der Waals surface area contributed by atoms with Crippen LogP contribution in [0.4, 0.5) is 4.39 Å². The second-order valence-corrected chi connectivity index (χ2v) is 6.19. The number of benzene rings is 1. The van der Waals surface area contributed by atoms with Gasteiger partial charge in [0.1, 0.15) is 5.82 Å². The van der Waals surface area contributed by atoms with Crippen molar-refractivity contribution in [2.75, 3.05) is 13.1 Å². The van der Waals surface area contributed by atoms with Crippen molar-refractivity contribution < 1.29 is 12.8 Å². The third-order valence-corrected chi connectivity index (χ3v) is 4.63. The van der Waals surface area contributed by atoms with Gasteiger partial charge >= 0.3 is 0 Å². The van der Waals surface area contributed by atoms with Crippen molar-refractivity contribution in [2.45, 2.75) is 30.7 Å². The molecule has 0 bridgehead atoms. The molecule has 2 rings (SSSR count). The minimum Gasteiger partial charge on any atom is -0.326 e.